The summed E-state index contributed by atoms with van der Waals surface area (Å²) in [6, 6.07) is -0.838. The zero-order chi connectivity index (χ0) is 16.3. The number of nitrogens with zero attached hydrogens (tertiary/aromatic N) is 5. The lowest BCUT2D eigenvalue weighted by Gasteiger charge is -2.10. The molecule has 1 atom stereocenters. The summed E-state index contributed by atoms with van der Waals surface area (Å²) in [6.07, 6.45) is 1.65. The Balaban J connectivity index is 2.56. The van der Waals surface area contributed by atoms with Crippen molar-refractivity contribution in [3.63, 3.8) is 0 Å². The fourth-order valence-corrected chi connectivity index (χ4v) is 2.69. The average molecular weight is 305 g/mol. The lowest BCUT2D eigenvalue weighted by molar-refractivity contribution is -0.140. The third-order valence-corrected chi connectivity index (χ3v) is 3.93. The van der Waals surface area contributed by atoms with Crippen molar-refractivity contribution in [1.29, 1.82) is 0 Å². The van der Waals surface area contributed by atoms with Crippen LogP contribution in [-0.2, 0) is 18.9 Å². The molecule has 3 aromatic heterocycles. The van der Waals surface area contributed by atoms with E-state index < -0.39 is 23.3 Å². The predicted octanol–water partition coefficient (Wildman–Crippen LogP) is -0.360. The fourth-order valence-electron chi connectivity index (χ4n) is 2.69. The minimum atomic E-state index is -1.00. The molecule has 0 saturated heterocycles. The quantitative estimate of drug-likeness (QED) is 0.696. The van der Waals surface area contributed by atoms with Gasteiger partial charge in [0.1, 0.15) is 6.04 Å². The van der Waals surface area contributed by atoms with E-state index in [4.69, 9.17) is 0 Å². The number of aliphatic carboxylic acids is 1. The van der Waals surface area contributed by atoms with Crippen molar-refractivity contribution < 1.29 is 9.90 Å². The molecule has 0 fully saturated rings. The first-order valence-electron chi connectivity index (χ1n) is 6.64. The van der Waals surface area contributed by atoms with E-state index in [1.54, 1.807) is 13.1 Å². The van der Waals surface area contributed by atoms with Gasteiger partial charge in [0.05, 0.1) is 0 Å². The third kappa shape index (κ3) is 1.59. The smallest absolute Gasteiger partial charge is 0.332 e. The van der Waals surface area contributed by atoms with Gasteiger partial charge in [-0.3, -0.25) is 18.3 Å². The van der Waals surface area contributed by atoms with Gasteiger partial charge in [-0.1, -0.05) is 0 Å². The number of carbonyl (C=O) groups is 1. The van der Waals surface area contributed by atoms with Crippen LogP contribution in [0.25, 0.3) is 16.9 Å². The minimum Gasteiger partial charge on any atom is -0.480 e. The number of hydrogen-bond donors (Lipinski definition) is 1. The van der Waals surface area contributed by atoms with Gasteiger partial charge < -0.3 is 9.67 Å². The standard InChI is InChI=1S/C13H15N5O4/c1-6-5-17-8-9(15(3)13(22)16(4)10(8)19)14-12(17)18(6)7(2)11(20)21/h5,7H,1-4H3,(H,20,21)/t7-/m1/s1. The molecule has 9 nitrogen and oxygen atoms in total. The van der Waals surface area contributed by atoms with Gasteiger partial charge >= 0.3 is 11.7 Å². The van der Waals surface area contributed by atoms with Crippen LogP contribution in [0.1, 0.15) is 18.7 Å². The summed E-state index contributed by atoms with van der Waals surface area (Å²) in [5.41, 5.74) is 0.196. The first-order valence-corrected chi connectivity index (χ1v) is 6.64. The van der Waals surface area contributed by atoms with Crippen LogP contribution in [0.5, 0.6) is 0 Å². The fraction of sp³-hybridized carbons (Fsp3) is 0.385. The second kappa shape index (κ2) is 4.33. The number of hydrogen-bond acceptors (Lipinski definition) is 4. The molecule has 116 valence electrons. The Morgan fingerprint density at radius 1 is 1.27 bits per heavy atom. The van der Waals surface area contributed by atoms with Gasteiger partial charge in [0.25, 0.3) is 5.56 Å². The second-order valence-electron chi connectivity index (χ2n) is 5.31. The Hall–Kier alpha value is -2.84. The maximum atomic E-state index is 12.4. The van der Waals surface area contributed by atoms with E-state index in [1.807, 2.05) is 0 Å². The summed E-state index contributed by atoms with van der Waals surface area (Å²) in [5, 5.41) is 9.23. The molecule has 0 saturated carbocycles. The van der Waals surface area contributed by atoms with Crippen LogP contribution >= 0.6 is 0 Å². The van der Waals surface area contributed by atoms with E-state index >= 15 is 0 Å². The molecule has 0 spiro atoms. The Bertz CT molecular complexity index is 1050. The van der Waals surface area contributed by atoms with Crippen molar-refractivity contribution in [3.8, 4) is 0 Å². The van der Waals surface area contributed by atoms with Crippen LogP contribution < -0.4 is 11.2 Å². The van der Waals surface area contributed by atoms with E-state index in [0.29, 0.717) is 11.5 Å². The highest BCUT2D eigenvalue weighted by Crippen LogP contribution is 2.20. The SMILES string of the molecule is Cc1cn2c3c(=O)n(C)c(=O)n(C)c3nc2n1[C@H](C)C(=O)O. The zero-order valence-electron chi connectivity index (χ0n) is 12.6. The second-order valence-corrected chi connectivity index (χ2v) is 5.31. The number of rotatable bonds is 2. The molecule has 0 aliphatic rings. The molecule has 3 heterocycles. The molecule has 3 rings (SSSR count). The number of aryl methyl sites for hydroxylation is 2. The third-order valence-electron chi connectivity index (χ3n) is 3.93. The van der Waals surface area contributed by atoms with E-state index in [1.165, 1.54) is 34.6 Å². The summed E-state index contributed by atoms with van der Waals surface area (Å²) in [6.45, 7) is 3.28. The molecular weight excluding hydrogens is 290 g/mol. The zero-order valence-corrected chi connectivity index (χ0v) is 12.6. The molecule has 9 heteroatoms. The van der Waals surface area contributed by atoms with Gasteiger partial charge in [0.15, 0.2) is 11.2 Å². The van der Waals surface area contributed by atoms with Gasteiger partial charge in [0, 0.05) is 26.0 Å². The largest absolute Gasteiger partial charge is 0.480 e. The van der Waals surface area contributed by atoms with Crippen LogP contribution in [0.4, 0.5) is 0 Å². The highest BCUT2D eigenvalue weighted by Gasteiger charge is 2.23. The molecule has 0 unspecified atom stereocenters. The lowest BCUT2D eigenvalue weighted by atomic mass is 10.3. The number of fused-ring (bicyclic) bond motifs is 3. The van der Waals surface area contributed by atoms with Crippen LogP contribution in [-0.4, -0.2) is 34.2 Å². The molecule has 0 amide bonds. The molecule has 3 aromatic rings. The Morgan fingerprint density at radius 3 is 2.50 bits per heavy atom. The van der Waals surface area contributed by atoms with Crippen molar-refractivity contribution in [2.45, 2.75) is 19.9 Å². The predicted molar refractivity (Wildman–Crippen MR) is 78.3 cm³/mol. The Kier molecular flexibility index (Phi) is 2.77. The average Bonchev–Trinajstić information content (AvgIpc) is 2.96. The number of carboxylic acid groups (broad SMARTS) is 1. The minimum absolute atomic E-state index is 0.231. The summed E-state index contributed by atoms with van der Waals surface area (Å²) in [4.78, 5) is 39.9. The summed E-state index contributed by atoms with van der Waals surface area (Å²) >= 11 is 0. The van der Waals surface area contributed by atoms with Crippen LogP contribution in [0.15, 0.2) is 15.8 Å². The summed E-state index contributed by atoms with van der Waals surface area (Å²) in [7, 11) is 2.92. The molecule has 0 aromatic carbocycles. The number of carboxylic acids is 1. The summed E-state index contributed by atoms with van der Waals surface area (Å²) in [5.74, 6) is -0.684. The molecule has 0 radical (unpaired) electrons. The topological polar surface area (TPSA) is 104 Å². The summed E-state index contributed by atoms with van der Waals surface area (Å²) < 4.78 is 5.33. The van der Waals surface area contributed by atoms with Crippen molar-refractivity contribution in [1.82, 2.24) is 23.1 Å². The molecular formula is C13H15N5O4. The first-order chi connectivity index (χ1) is 10.3. The number of imidazole rings is 2. The van der Waals surface area contributed by atoms with Crippen molar-refractivity contribution >= 4 is 22.9 Å². The molecule has 0 aliphatic heterocycles. The first kappa shape index (κ1) is 14.1. The lowest BCUT2D eigenvalue weighted by Crippen LogP contribution is -2.37. The van der Waals surface area contributed by atoms with E-state index in [9.17, 15) is 19.5 Å². The van der Waals surface area contributed by atoms with Gasteiger partial charge in [-0.15, -0.1) is 0 Å². The number of aromatic nitrogens is 5. The maximum Gasteiger partial charge on any atom is 0.332 e. The van der Waals surface area contributed by atoms with Crippen LogP contribution in [0.3, 0.4) is 0 Å². The van der Waals surface area contributed by atoms with E-state index in [2.05, 4.69) is 4.98 Å². The van der Waals surface area contributed by atoms with Gasteiger partial charge in [-0.2, -0.15) is 4.98 Å². The van der Waals surface area contributed by atoms with Gasteiger partial charge in [-0.25, -0.2) is 9.59 Å². The van der Waals surface area contributed by atoms with Gasteiger partial charge in [0.2, 0.25) is 5.78 Å². The Morgan fingerprint density at radius 2 is 1.91 bits per heavy atom. The molecule has 22 heavy (non-hydrogen) atoms. The monoisotopic (exact) mass is 305 g/mol. The Labute approximate surface area is 123 Å². The van der Waals surface area contributed by atoms with E-state index in [0.717, 1.165) is 4.57 Å². The highest BCUT2D eigenvalue weighted by molar-refractivity contribution is 5.77. The molecule has 0 bridgehead atoms. The maximum absolute atomic E-state index is 12.4. The van der Waals surface area contributed by atoms with Crippen molar-refractivity contribution in [2.24, 2.45) is 14.1 Å². The normalized spacial score (nSPS) is 13.1. The van der Waals surface area contributed by atoms with Crippen LogP contribution in [0.2, 0.25) is 0 Å². The van der Waals surface area contributed by atoms with Crippen molar-refractivity contribution in [2.75, 3.05) is 0 Å². The van der Waals surface area contributed by atoms with E-state index in [-0.39, 0.29) is 11.2 Å². The molecule has 0 aliphatic carbocycles. The molecule has 1 N–H and O–H groups in total. The van der Waals surface area contributed by atoms with Gasteiger partial charge in [-0.05, 0) is 13.8 Å². The highest BCUT2D eigenvalue weighted by atomic mass is 16.4. The van der Waals surface area contributed by atoms with Crippen molar-refractivity contribution in [3.05, 3.63) is 32.7 Å². The van der Waals surface area contributed by atoms with Crippen LogP contribution in [0, 0.1) is 6.92 Å².